The summed E-state index contributed by atoms with van der Waals surface area (Å²) >= 11 is 3.38. The molecule has 0 aliphatic carbocycles. The van der Waals surface area contributed by atoms with E-state index in [1.54, 1.807) is 0 Å². The van der Waals surface area contributed by atoms with Crippen LogP contribution in [0.5, 0.6) is 0 Å². The highest BCUT2D eigenvalue weighted by molar-refractivity contribution is 9.10. The number of aryl methyl sites for hydroxylation is 2. The summed E-state index contributed by atoms with van der Waals surface area (Å²) in [6.07, 6.45) is 9.42. The van der Waals surface area contributed by atoms with Crippen LogP contribution in [-0.2, 0) is 13.5 Å². The molecular formula is C12H19BrN2. The van der Waals surface area contributed by atoms with Crippen LogP contribution in [0.25, 0.3) is 0 Å². The second kappa shape index (κ2) is 6.83. The van der Waals surface area contributed by atoms with Crippen molar-refractivity contribution in [1.29, 1.82) is 0 Å². The van der Waals surface area contributed by atoms with Crippen molar-refractivity contribution in [3.8, 4) is 0 Å². The minimum atomic E-state index is 0.937. The molecule has 1 aromatic rings. The molecule has 0 atom stereocenters. The molecule has 0 aromatic carbocycles. The largest absolute Gasteiger partial charge is 0.272 e. The molecule has 1 aromatic heterocycles. The maximum Gasteiger partial charge on any atom is 0.128 e. The first-order valence-corrected chi connectivity index (χ1v) is 6.32. The third-order valence-corrected chi connectivity index (χ3v) is 2.93. The summed E-state index contributed by atoms with van der Waals surface area (Å²) in [5.74, 6) is 0. The molecule has 1 heterocycles. The molecule has 0 N–H and O–H groups in total. The summed E-state index contributed by atoms with van der Waals surface area (Å²) in [7, 11) is 2.00. The van der Waals surface area contributed by atoms with Gasteiger partial charge in [0.1, 0.15) is 4.60 Å². The Labute approximate surface area is 101 Å². The standard InChI is InChI=1S/C12H19BrN2/c1-3-4-5-6-7-8-9-11-10-12(13)14-15(11)2/h3,10H,1,4-9H2,2H3. The van der Waals surface area contributed by atoms with Gasteiger partial charge in [-0.3, -0.25) is 4.68 Å². The Morgan fingerprint density at radius 2 is 2.13 bits per heavy atom. The topological polar surface area (TPSA) is 17.8 Å². The lowest BCUT2D eigenvalue weighted by Crippen LogP contribution is -1.97. The van der Waals surface area contributed by atoms with Crippen molar-refractivity contribution < 1.29 is 0 Å². The predicted molar refractivity (Wildman–Crippen MR) is 67.9 cm³/mol. The van der Waals surface area contributed by atoms with Gasteiger partial charge in [-0.05, 0) is 47.7 Å². The number of hydrogen-bond acceptors (Lipinski definition) is 1. The third-order valence-electron chi connectivity index (χ3n) is 2.54. The van der Waals surface area contributed by atoms with E-state index in [4.69, 9.17) is 0 Å². The average Bonchev–Trinajstić information content (AvgIpc) is 2.51. The Morgan fingerprint density at radius 1 is 1.40 bits per heavy atom. The molecule has 15 heavy (non-hydrogen) atoms. The predicted octanol–water partition coefficient (Wildman–Crippen LogP) is 3.86. The summed E-state index contributed by atoms with van der Waals surface area (Å²) in [5, 5.41) is 4.26. The zero-order chi connectivity index (χ0) is 11.1. The summed E-state index contributed by atoms with van der Waals surface area (Å²) in [5.41, 5.74) is 1.31. The monoisotopic (exact) mass is 270 g/mol. The molecule has 0 amide bonds. The minimum absolute atomic E-state index is 0.937. The third kappa shape index (κ3) is 4.65. The van der Waals surface area contributed by atoms with Crippen LogP contribution in [0.2, 0.25) is 0 Å². The van der Waals surface area contributed by atoms with Crippen molar-refractivity contribution in [3.63, 3.8) is 0 Å². The number of rotatable bonds is 7. The summed E-state index contributed by atoms with van der Waals surface area (Å²) in [6, 6.07) is 2.10. The van der Waals surface area contributed by atoms with Gasteiger partial charge in [0.05, 0.1) is 0 Å². The molecular weight excluding hydrogens is 252 g/mol. The number of aromatic nitrogens is 2. The van der Waals surface area contributed by atoms with E-state index < -0.39 is 0 Å². The van der Waals surface area contributed by atoms with Crippen molar-refractivity contribution in [1.82, 2.24) is 9.78 Å². The van der Waals surface area contributed by atoms with E-state index in [0.29, 0.717) is 0 Å². The van der Waals surface area contributed by atoms with Crippen LogP contribution in [0.4, 0.5) is 0 Å². The van der Waals surface area contributed by atoms with Crippen LogP contribution in [0.1, 0.15) is 37.8 Å². The fourth-order valence-corrected chi connectivity index (χ4v) is 2.15. The quantitative estimate of drug-likeness (QED) is 0.544. The fourth-order valence-electron chi connectivity index (χ4n) is 1.65. The first kappa shape index (κ1) is 12.5. The SMILES string of the molecule is C=CCCCCCCc1cc(Br)nn1C. The first-order chi connectivity index (χ1) is 7.24. The van der Waals surface area contributed by atoms with Gasteiger partial charge in [0, 0.05) is 12.7 Å². The highest BCUT2D eigenvalue weighted by atomic mass is 79.9. The number of allylic oxidation sites excluding steroid dienone is 1. The lowest BCUT2D eigenvalue weighted by molar-refractivity contribution is 0.618. The Hall–Kier alpha value is -0.570. The molecule has 3 heteroatoms. The molecule has 0 aliphatic rings. The van der Waals surface area contributed by atoms with E-state index in [-0.39, 0.29) is 0 Å². The number of nitrogens with zero attached hydrogens (tertiary/aromatic N) is 2. The smallest absolute Gasteiger partial charge is 0.128 e. The second-order valence-corrected chi connectivity index (χ2v) is 4.64. The highest BCUT2D eigenvalue weighted by Crippen LogP contribution is 2.13. The molecule has 0 spiro atoms. The van der Waals surface area contributed by atoms with Crippen LogP contribution in [0.3, 0.4) is 0 Å². The Morgan fingerprint density at radius 3 is 2.73 bits per heavy atom. The van der Waals surface area contributed by atoms with Crippen molar-refractivity contribution in [3.05, 3.63) is 29.0 Å². The maximum absolute atomic E-state index is 4.26. The molecule has 84 valence electrons. The molecule has 0 unspecified atom stereocenters. The molecule has 0 saturated heterocycles. The summed E-state index contributed by atoms with van der Waals surface area (Å²) in [4.78, 5) is 0. The normalized spacial score (nSPS) is 10.5. The van der Waals surface area contributed by atoms with Crippen LogP contribution in [0, 0.1) is 0 Å². The van der Waals surface area contributed by atoms with E-state index in [1.165, 1.54) is 31.4 Å². The molecule has 0 radical (unpaired) electrons. The van der Waals surface area contributed by atoms with E-state index in [1.807, 2.05) is 17.8 Å². The average molecular weight is 271 g/mol. The van der Waals surface area contributed by atoms with E-state index in [0.717, 1.165) is 17.4 Å². The molecule has 0 aliphatic heterocycles. The molecule has 1 rings (SSSR count). The Balaban J connectivity index is 2.14. The van der Waals surface area contributed by atoms with Gasteiger partial charge in [0.2, 0.25) is 0 Å². The highest BCUT2D eigenvalue weighted by Gasteiger charge is 2.01. The molecule has 0 saturated carbocycles. The summed E-state index contributed by atoms with van der Waals surface area (Å²) in [6.45, 7) is 3.72. The van der Waals surface area contributed by atoms with Gasteiger partial charge in [-0.1, -0.05) is 18.9 Å². The molecule has 2 nitrogen and oxygen atoms in total. The number of hydrogen-bond donors (Lipinski definition) is 0. The van der Waals surface area contributed by atoms with Crippen LogP contribution in [0.15, 0.2) is 23.3 Å². The fraction of sp³-hybridized carbons (Fsp3) is 0.583. The Kier molecular flexibility index (Phi) is 5.69. The lowest BCUT2D eigenvalue weighted by Gasteiger charge is -2.01. The van der Waals surface area contributed by atoms with Gasteiger partial charge in [0.25, 0.3) is 0 Å². The van der Waals surface area contributed by atoms with Gasteiger partial charge in [-0.15, -0.1) is 6.58 Å². The zero-order valence-corrected chi connectivity index (χ0v) is 11.0. The van der Waals surface area contributed by atoms with Crippen LogP contribution < -0.4 is 0 Å². The minimum Gasteiger partial charge on any atom is -0.272 e. The van der Waals surface area contributed by atoms with Gasteiger partial charge < -0.3 is 0 Å². The van der Waals surface area contributed by atoms with Gasteiger partial charge in [0.15, 0.2) is 0 Å². The second-order valence-electron chi connectivity index (χ2n) is 3.82. The molecule has 0 fully saturated rings. The first-order valence-electron chi connectivity index (χ1n) is 5.53. The van der Waals surface area contributed by atoms with E-state index in [2.05, 4.69) is 33.7 Å². The van der Waals surface area contributed by atoms with Gasteiger partial charge in [-0.2, -0.15) is 5.10 Å². The van der Waals surface area contributed by atoms with Crippen LogP contribution >= 0.6 is 15.9 Å². The molecule has 0 bridgehead atoms. The number of unbranched alkanes of at least 4 members (excludes halogenated alkanes) is 4. The zero-order valence-electron chi connectivity index (χ0n) is 9.38. The van der Waals surface area contributed by atoms with E-state index in [9.17, 15) is 0 Å². The van der Waals surface area contributed by atoms with Crippen molar-refractivity contribution in [2.24, 2.45) is 7.05 Å². The van der Waals surface area contributed by atoms with Gasteiger partial charge in [-0.25, -0.2) is 0 Å². The maximum atomic E-state index is 4.26. The number of halogens is 1. The van der Waals surface area contributed by atoms with Crippen molar-refractivity contribution in [2.45, 2.75) is 38.5 Å². The summed E-state index contributed by atoms with van der Waals surface area (Å²) < 4.78 is 2.89. The van der Waals surface area contributed by atoms with Crippen LogP contribution in [-0.4, -0.2) is 9.78 Å². The van der Waals surface area contributed by atoms with E-state index >= 15 is 0 Å². The van der Waals surface area contributed by atoms with Gasteiger partial charge >= 0.3 is 0 Å². The van der Waals surface area contributed by atoms with Crippen molar-refractivity contribution in [2.75, 3.05) is 0 Å². The van der Waals surface area contributed by atoms with Crippen molar-refractivity contribution >= 4 is 15.9 Å². The Bertz CT molecular complexity index is 305. The lowest BCUT2D eigenvalue weighted by atomic mass is 10.1.